The van der Waals surface area contributed by atoms with Gasteiger partial charge in [-0.3, -0.25) is 9.13 Å². The maximum Gasteiger partial charge on any atom is 0.224 e. The third kappa shape index (κ3) is 9.61. The first-order valence-electron chi connectivity index (χ1n) is 23.9. The first kappa shape index (κ1) is 46.9. The number of ether oxygens (including phenoxy) is 2. The minimum atomic E-state index is -1.62. The fourth-order valence-corrected chi connectivity index (χ4v) is 10.7. The predicted molar refractivity (Wildman–Crippen MR) is 248 cm³/mol. The van der Waals surface area contributed by atoms with E-state index in [2.05, 4.69) is 41.2 Å². The Morgan fingerprint density at radius 1 is 0.623 bits per heavy atom. The highest BCUT2D eigenvalue weighted by Crippen LogP contribution is 2.41. The molecule has 6 N–H and O–H groups in total. The number of anilines is 6. The molecule has 0 radical (unpaired) electrons. The third-order valence-corrected chi connectivity index (χ3v) is 14.6. The summed E-state index contributed by atoms with van der Waals surface area (Å²) in [5.41, 5.74) is -2.16. The summed E-state index contributed by atoms with van der Waals surface area (Å²) in [5, 5.41) is 35.0. The Labute approximate surface area is 394 Å². The lowest BCUT2D eigenvalue weighted by atomic mass is 9.82. The standard InChI is InChI=1S/C48H57F5N12O4/c1-47(2,66)25-7-9-27(19-25)56-43-54-24-37-42(63-43)65(30-13-17-69-18-14-30)46(59-37)61-40-35(52)21-34(51)31(38(40)53)22-48(3,67)26-8-10-28(20-26)57-44-55-23-36-41(62-44)64(29-11-15-68-16-12-29)45(58-36)60-39-32(49)5-4-6-33(39)50/h4-6,21,23-30,66-67H,7-20,22H2,1-3H3,(H,58,60)(H,59,61)(H,54,56,63)(H,55,57,62). The molecule has 0 spiro atoms. The minimum Gasteiger partial charge on any atom is -0.390 e. The molecule has 4 aliphatic rings. The lowest BCUT2D eigenvalue weighted by Gasteiger charge is -2.31. The Hall–Kier alpha value is -5.77. The molecule has 2 aromatic carbocycles. The van der Waals surface area contributed by atoms with E-state index in [1.807, 2.05) is 18.4 Å². The number of hydrogen-bond donors (Lipinski definition) is 6. The van der Waals surface area contributed by atoms with Crippen LogP contribution in [0.2, 0.25) is 0 Å². The molecular formula is C48H57F5N12O4. The number of rotatable bonds is 14. The number of benzene rings is 2. The number of aliphatic hydroxyl groups is 2. The van der Waals surface area contributed by atoms with Crippen molar-refractivity contribution in [3.05, 3.63) is 71.3 Å². The second-order valence-corrected chi connectivity index (χ2v) is 19.8. The molecule has 6 aromatic rings. The van der Waals surface area contributed by atoms with E-state index in [-0.39, 0.29) is 53.6 Å². The molecule has 2 saturated carbocycles. The molecule has 2 aliphatic carbocycles. The third-order valence-electron chi connectivity index (χ3n) is 14.6. The minimum absolute atomic E-state index is 0.0465. The molecule has 0 amide bonds. The van der Waals surface area contributed by atoms with Crippen LogP contribution in [0.25, 0.3) is 22.3 Å². The Morgan fingerprint density at radius 3 is 1.62 bits per heavy atom. The molecule has 21 heteroatoms. The van der Waals surface area contributed by atoms with Gasteiger partial charge in [0.15, 0.2) is 22.9 Å². The van der Waals surface area contributed by atoms with E-state index in [0.717, 1.165) is 31.4 Å². The van der Waals surface area contributed by atoms with Gasteiger partial charge in [-0.05, 0) is 109 Å². The van der Waals surface area contributed by atoms with Gasteiger partial charge < -0.3 is 41.0 Å². The van der Waals surface area contributed by atoms with Gasteiger partial charge >= 0.3 is 0 Å². The smallest absolute Gasteiger partial charge is 0.224 e. The summed E-state index contributed by atoms with van der Waals surface area (Å²) >= 11 is 0. The number of para-hydroxylation sites is 1. The Kier molecular flexibility index (Phi) is 12.8. The van der Waals surface area contributed by atoms with Crippen LogP contribution in [0, 0.1) is 40.9 Å². The summed E-state index contributed by atoms with van der Waals surface area (Å²) in [6, 6.07) is 3.71. The van der Waals surface area contributed by atoms with E-state index in [9.17, 15) is 19.0 Å². The second-order valence-electron chi connectivity index (χ2n) is 19.8. The zero-order valence-corrected chi connectivity index (χ0v) is 38.7. The molecule has 2 aliphatic heterocycles. The molecule has 69 heavy (non-hydrogen) atoms. The van der Waals surface area contributed by atoms with Crippen LogP contribution in [0.1, 0.15) is 103 Å². The topological polar surface area (TPSA) is 194 Å². The Balaban J connectivity index is 0.866. The van der Waals surface area contributed by atoms with Crippen molar-refractivity contribution in [1.29, 1.82) is 0 Å². The van der Waals surface area contributed by atoms with E-state index in [4.69, 9.17) is 19.4 Å². The quantitative estimate of drug-likeness (QED) is 0.0567. The molecule has 2 saturated heterocycles. The van der Waals surface area contributed by atoms with Crippen LogP contribution in [0.4, 0.5) is 57.1 Å². The lowest BCUT2D eigenvalue weighted by molar-refractivity contribution is 0.000149. The molecule has 5 atom stereocenters. The van der Waals surface area contributed by atoms with Crippen molar-refractivity contribution < 1.29 is 41.6 Å². The molecule has 0 bridgehead atoms. The highest BCUT2D eigenvalue weighted by molar-refractivity contribution is 5.78. The van der Waals surface area contributed by atoms with Crippen LogP contribution in [0.5, 0.6) is 0 Å². The number of aromatic nitrogens is 8. The number of fused-ring (bicyclic) bond motifs is 2. The van der Waals surface area contributed by atoms with Crippen LogP contribution in [0.3, 0.4) is 0 Å². The van der Waals surface area contributed by atoms with Gasteiger partial charge in [0, 0.05) is 68.6 Å². The van der Waals surface area contributed by atoms with E-state index in [1.165, 1.54) is 19.2 Å². The molecule has 10 rings (SSSR count). The fraction of sp³-hybridized carbons (Fsp3) is 0.542. The zero-order valence-electron chi connectivity index (χ0n) is 38.7. The Bertz CT molecular complexity index is 2820. The second kappa shape index (κ2) is 18.9. The van der Waals surface area contributed by atoms with Gasteiger partial charge in [0.05, 0.1) is 23.6 Å². The maximum absolute atomic E-state index is 16.7. The molecule has 368 valence electrons. The average Bonchev–Trinajstić information content (AvgIpc) is 4.14. The molecular weight excluding hydrogens is 904 g/mol. The molecule has 6 heterocycles. The number of imidazole rings is 2. The first-order chi connectivity index (χ1) is 33.1. The number of hydrogen-bond acceptors (Lipinski definition) is 14. The summed E-state index contributed by atoms with van der Waals surface area (Å²) in [6.45, 7) is 7.06. The molecule has 5 unspecified atom stereocenters. The first-order valence-corrected chi connectivity index (χ1v) is 23.9. The van der Waals surface area contributed by atoms with Gasteiger partial charge in [0.25, 0.3) is 0 Å². The van der Waals surface area contributed by atoms with Crippen molar-refractivity contribution in [2.75, 3.05) is 47.7 Å². The normalized spacial score (nSPS) is 22.6. The average molecular weight is 961 g/mol. The number of nitrogens with zero attached hydrogens (tertiary/aromatic N) is 8. The summed E-state index contributed by atoms with van der Waals surface area (Å²) < 4.78 is 92.6. The van der Waals surface area contributed by atoms with Gasteiger partial charge in [-0.15, -0.1) is 0 Å². The highest BCUT2D eigenvalue weighted by atomic mass is 19.2. The van der Waals surface area contributed by atoms with Crippen molar-refractivity contribution in [3.63, 3.8) is 0 Å². The molecule has 4 fully saturated rings. The van der Waals surface area contributed by atoms with Gasteiger partial charge in [0.2, 0.25) is 23.8 Å². The van der Waals surface area contributed by atoms with Crippen molar-refractivity contribution in [2.24, 2.45) is 11.8 Å². The highest BCUT2D eigenvalue weighted by Gasteiger charge is 2.41. The van der Waals surface area contributed by atoms with Crippen LogP contribution in [-0.4, -0.2) is 99.0 Å². The predicted octanol–water partition coefficient (Wildman–Crippen LogP) is 8.78. The maximum atomic E-state index is 16.7. The number of nitrogens with one attached hydrogen (secondary N) is 4. The van der Waals surface area contributed by atoms with Crippen molar-refractivity contribution >= 4 is 57.5 Å². The van der Waals surface area contributed by atoms with Crippen molar-refractivity contribution in [2.45, 2.75) is 127 Å². The van der Waals surface area contributed by atoms with Crippen LogP contribution < -0.4 is 21.3 Å². The summed E-state index contributed by atoms with van der Waals surface area (Å²) in [5.74, 6) is -4.39. The summed E-state index contributed by atoms with van der Waals surface area (Å²) in [4.78, 5) is 27.9. The van der Waals surface area contributed by atoms with Gasteiger partial charge in [-0.25, -0.2) is 41.9 Å². The van der Waals surface area contributed by atoms with Crippen LogP contribution >= 0.6 is 0 Å². The van der Waals surface area contributed by atoms with E-state index < -0.39 is 63.9 Å². The van der Waals surface area contributed by atoms with Crippen LogP contribution in [0.15, 0.2) is 36.7 Å². The summed E-state index contributed by atoms with van der Waals surface area (Å²) in [7, 11) is 0. The van der Waals surface area contributed by atoms with E-state index >= 15 is 13.2 Å². The SMILES string of the molecule is CC(C)(O)C1CCC(Nc2ncc3nc(Nc4c(F)cc(F)c(CC(C)(O)C5CCC(Nc6ncc7nc(Nc8c(F)cccc8F)n(C8CCOCC8)c7n6)C5)c4F)n(C4CCOCC4)c3n2)C1. The zero-order chi connectivity index (χ0) is 48.2. The van der Waals surface area contributed by atoms with Gasteiger partial charge in [-0.1, -0.05) is 6.07 Å². The van der Waals surface area contributed by atoms with Crippen LogP contribution in [-0.2, 0) is 15.9 Å². The summed E-state index contributed by atoms with van der Waals surface area (Å²) in [6.07, 6.45) is 8.96. The van der Waals surface area contributed by atoms with Crippen molar-refractivity contribution in [1.82, 2.24) is 39.0 Å². The van der Waals surface area contributed by atoms with E-state index in [1.54, 1.807) is 10.8 Å². The largest absolute Gasteiger partial charge is 0.390 e. The Morgan fingerprint density at radius 2 is 1.12 bits per heavy atom. The molecule has 16 nitrogen and oxygen atoms in total. The van der Waals surface area contributed by atoms with Gasteiger partial charge in [-0.2, -0.15) is 9.97 Å². The molecule has 4 aromatic heterocycles. The number of halogens is 5. The van der Waals surface area contributed by atoms with E-state index in [0.29, 0.717) is 106 Å². The lowest BCUT2D eigenvalue weighted by Crippen LogP contribution is -2.37. The van der Waals surface area contributed by atoms with Crippen molar-refractivity contribution in [3.8, 4) is 0 Å². The van der Waals surface area contributed by atoms with Gasteiger partial charge in [0.1, 0.15) is 39.9 Å². The monoisotopic (exact) mass is 960 g/mol. The fourth-order valence-electron chi connectivity index (χ4n) is 10.7.